The average molecular weight is 320 g/mol. The third-order valence-electron chi connectivity index (χ3n) is 3.31. The topological polar surface area (TPSA) is 71.5 Å². The van der Waals surface area contributed by atoms with Crippen LogP contribution in [0.5, 0.6) is 5.75 Å². The first-order valence-corrected chi connectivity index (χ1v) is 7.89. The summed E-state index contributed by atoms with van der Waals surface area (Å²) in [6.45, 7) is 4.06. The second-order valence-electron chi connectivity index (χ2n) is 5.28. The van der Waals surface area contributed by atoms with Crippen molar-refractivity contribution in [3.05, 3.63) is 35.3 Å². The molecule has 0 bridgehead atoms. The number of aliphatic hydroxyl groups excluding tert-OH is 1. The van der Waals surface area contributed by atoms with Gasteiger partial charge in [0.1, 0.15) is 15.6 Å². The Kier molecular flexibility index (Phi) is 5.51. The number of methoxy groups -OCH3 is 1. The summed E-state index contributed by atoms with van der Waals surface area (Å²) in [7, 11) is 1.62. The number of thiazole rings is 1. The molecule has 0 radical (unpaired) electrons. The fraction of sp³-hybridized carbons (Fsp3) is 0.375. The lowest BCUT2D eigenvalue weighted by atomic mass is 10.1. The summed E-state index contributed by atoms with van der Waals surface area (Å²) in [6, 6.07) is 7.52. The maximum atomic E-state index is 12.0. The van der Waals surface area contributed by atoms with Crippen molar-refractivity contribution >= 4 is 17.2 Å². The molecule has 6 heteroatoms. The van der Waals surface area contributed by atoms with Crippen LogP contribution in [0, 0.1) is 5.92 Å². The number of benzene rings is 1. The third kappa shape index (κ3) is 4.05. The number of carbonyl (C=O) groups is 1. The Morgan fingerprint density at radius 1 is 1.36 bits per heavy atom. The van der Waals surface area contributed by atoms with E-state index in [1.54, 1.807) is 13.3 Å². The van der Waals surface area contributed by atoms with Gasteiger partial charge < -0.3 is 15.2 Å². The molecule has 2 N–H and O–H groups in total. The molecule has 1 amide bonds. The van der Waals surface area contributed by atoms with Gasteiger partial charge in [0.25, 0.3) is 5.91 Å². The second-order valence-corrected chi connectivity index (χ2v) is 6.31. The summed E-state index contributed by atoms with van der Waals surface area (Å²) in [5.74, 6) is 0.675. The first kappa shape index (κ1) is 16.5. The molecular weight excluding hydrogens is 300 g/mol. The van der Waals surface area contributed by atoms with E-state index in [0.29, 0.717) is 4.88 Å². The molecule has 1 atom stereocenters. The minimum atomic E-state index is -0.544. The summed E-state index contributed by atoms with van der Waals surface area (Å²) >= 11 is 1.32. The van der Waals surface area contributed by atoms with Crippen molar-refractivity contribution in [1.29, 1.82) is 0 Å². The first-order valence-electron chi connectivity index (χ1n) is 7.07. The Bertz CT molecular complexity index is 623. The Morgan fingerprint density at radius 3 is 2.64 bits per heavy atom. The third-order valence-corrected chi connectivity index (χ3v) is 4.35. The van der Waals surface area contributed by atoms with E-state index in [9.17, 15) is 9.90 Å². The van der Waals surface area contributed by atoms with Crippen LogP contribution in [-0.4, -0.2) is 35.8 Å². The lowest BCUT2D eigenvalue weighted by molar-refractivity contribution is 0.0875. The van der Waals surface area contributed by atoms with Crippen LogP contribution in [0.4, 0.5) is 0 Å². The fourth-order valence-electron chi connectivity index (χ4n) is 1.77. The van der Waals surface area contributed by atoms with Crippen molar-refractivity contribution in [2.75, 3.05) is 13.7 Å². The summed E-state index contributed by atoms with van der Waals surface area (Å²) in [6.07, 6.45) is 1.01. The zero-order chi connectivity index (χ0) is 16.1. The number of aromatic nitrogens is 1. The highest BCUT2D eigenvalue weighted by molar-refractivity contribution is 7.16. The SMILES string of the molecule is COc1ccc(-c2ncc(C(=O)NCC(O)C(C)C)s2)cc1. The number of nitrogens with one attached hydrogen (secondary N) is 1. The fourth-order valence-corrected chi connectivity index (χ4v) is 2.60. The van der Waals surface area contributed by atoms with E-state index < -0.39 is 6.10 Å². The van der Waals surface area contributed by atoms with Gasteiger partial charge in [0.05, 0.1) is 19.4 Å². The minimum Gasteiger partial charge on any atom is -0.497 e. The van der Waals surface area contributed by atoms with E-state index >= 15 is 0 Å². The molecule has 0 aliphatic rings. The van der Waals surface area contributed by atoms with Gasteiger partial charge in [-0.2, -0.15) is 0 Å². The Morgan fingerprint density at radius 2 is 2.05 bits per heavy atom. The monoisotopic (exact) mass is 320 g/mol. The van der Waals surface area contributed by atoms with Crippen LogP contribution in [0.3, 0.4) is 0 Å². The smallest absolute Gasteiger partial charge is 0.263 e. The molecule has 0 saturated heterocycles. The molecule has 0 aliphatic heterocycles. The van der Waals surface area contributed by atoms with Crippen molar-refractivity contribution in [2.24, 2.45) is 5.92 Å². The van der Waals surface area contributed by atoms with E-state index in [1.165, 1.54) is 11.3 Å². The summed E-state index contributed by atoms with van der Waals surface area (Å²) in [5, 5.41) is 13.2. The van der Waals surface area contributed by atoms with Gasteiger partial charge in [0.2, 0.25) is 0 Å². The highest BCUT2D eigenvalue weighted by Gasteiger charge is 2.14. The number of hydrogen-bond donors (Lipinski definition) is 2. The molecule has 0 fully saturated rings. The first-order chi connectivity index (χ1) is 10.5. The van der Waals surface area contributed by atoms with Gasteiger partial charge in [-0.25, -0.2) is 4.98 Å². The Hall–Kier alpha value is -1.92. The number of rotatable bonds is 6. The molecule has 1 heterocycles. The zero-order valence-corrected chi connectivity index (χ0v) is 13.7. The lowest BCUT2D eigenvalue weighted by Crippen LogP contribution is -2.34. The van der Waals surface area contributed by atoms with Gasteiger partial charge in [-0.15, -0.1) is 11.3 Å². The summed E-state index contributed by atoms with van der Waals surface area (Å²) < 4.78 is 5.12. The van der Waals surface area contributed by atoms with Crippen LogP contribution in [0.15, 0.2) is 30.5 Å². The molecule has 118 valence electrons. The highest BCUT2D eigenvalue weighted by Crippen LogP contribution is 2.26. The standard InChI is InChI=1S/C16H20N2O3S/c1-10(2)13(19)8-17-15(20)14-9-18-16(22-14)11-4-6-12(21-3)7-5-11/h4-7,9-10,13,19H,8H2,1-3H3,(H,17,20). The van der Waals surface area contributed by atoms with Gasteiger partial charge in [0.15, 0.2) is 0 Å². The molecule has 1 unspecified atom stereocenters. The number of ether oxygens (including phenoxy) is 1. The summed E-state index contributed by atoms with van der Waals surface area (Å²) in [4.78, 5) is 16.9. The van der Waals surface area contributed by atoms with Gasteiger partial charge in [0, 0.05) is 12.1 Å². The van der Waals surface area contributed by atoms with Crippen LogP contribution in [0.2, 0.25) is 0 Å². The van der Waals surface area contributed by atoms with Gasteiger partial charge in [-0.3, -0.25) is 4.79 Å². The highest BCUT2D eigenvalue weighted by atomic mass is 32.1. The van der Waals surface area contributed by atoms with Crippen LogP contribution >= 0.6 is 11.3 Å². The lowest BCUT2D eigenvalue weighted by Gasteiger charge is -2.14. The van der Waals surface area contributed by atoms with Crippen LogP contribution in [0.1, 0.15) is 23.5 Å². The molecule has 0 spiro atoms. The van der Waals surface area contributed by atoms with E-state index in [0.717, 1.165) is 16.3 Å². The number of carbonyl (C=O) groups excluding carboxylic acids is 1. The van der Waals surface area contributed by atoms with E-state index in [4.69, 9.17) is 4.74 Å². The van der Waals surface area contributed by atoms with Crippen LogP contribution < -0.4 is 10.1 Å². The van der Waals surface area contributed by atoms with E-state index in [-0.39, 0.29) is 18.4 Å². The van der Waals surface area contributed by atoms with Gasteiger partial charge in [-0.1, -0.05) is 13.8 Å². The van der Waals surface area contributed by atoms with Crippen molar-refractivity contribution < 1.29 is 14.6 Å². The normalized spacial score (nSPS) is 12.2. The molecule has 0 aliphatic carbocycles. The number of hydrogen-bond acceptors (Lipinski definition) is 5. The van der Waals surface area contributed by atoms with Crippen molar-refractivity contribution in [3.63, 3.8) is 0 Å². The number of nitrogens with zero attached hydrogens (tertiary/aromatic N) is 1. The zero-order valence-electron chi connectivity index (χ0n) is 12.9. The molecular formula is C16H20N2O3S. The van der Waals surface area contributed by atoms with Crippen molar-refractivity contribution in [1.82, 2.24) is 10.3 Å². The van der Waals surface area contributed by atoms with Gasteiger partial charge >= 0.3 is 0 Å². The molecule has 1 aromatic carbocycles. The maximum Gasteiger partial charge on any atom is 0.263 e. The number of amides is 1. The molecule has 2 aromatic rings. The predicted molar refractivity (Wildman–Crippen MR) is 87.3 cm³/mol. The van der Waals surface area contributed by atoms with Gasteiger partial charge in [-0.05, 0) is 30.2 Å². The average Bonchev–Trinajstić information content (AvgIpc) is 3.02. The Balaban J connectivity index is 2.02. The number of aliphatic hydroxyl groups is 1. The largest absolute Gasteiger partial charge is 0.497 e. The minimum absolute atomic E-state index is 0.108. The maximum absolute atomic E-state index is 12.0. The molecule has 5 nitrogen and oxygen atoms in total. The Labute approximate surface area is 134 Å². The molecule has 22 heavy (non-hydrogen) atoms. The van der Waals surface area contributed by atoms with Crippen molar-refractivity contribution in [3.8, 4) is 16.3 Å². The second kappa shape index (κ2) is 7.38. The predicted octanol–water partition coefficient (Wildman–Crippen LogP) is 2.57. The molecule has 0 saturated carbocycles. The quantitative estimate of drug-likeness (QED) is 0.858. The van der Waals surface area contributed by atoms with Crippen LogP contribution in [-0.2, 0) is 0 Å². The summed E-state index contributed by atoms with van der Waals surface area (Å²) in [5.41, 5.74) is 0.937. The molecule has 2 rings (SSSR count). The van der Waals surface area contributed by atoms with E-state index in [1.807, 2.05) is 38.1 Å². The molecule has 1 aromatic heterocycles. The van der Waals surface area contributed by atoms with Crippen molar-refractivity contribution in [2.45, 2.75) is 20.0 Å². The van der Waals surface area contributed by atoms with Crippen LogP contribution in [0.25, 0.3) is 10.6 Å². The van der Waals surface area contributed by atoms with E-state index in [2.05, 4.69) is 10.3 Å².